The van der Waals surface area contributed by atoms with Crippen LogP contribution >= 0.6 is 11.3 Å². The molecule has 3 rings (SSSR count). The summed E-state index contributed by atoms with van der Waals surface area (Å²) in [4.78, 5) is 14.3. The van der Waals surface area contributed by atoms with Gasteiger partial charge in [-0.2, -0.15) is 0 Å². The number of hydrogen-bond acceptors (Lipinski definition) is 4. The van der Waals surface area contributed by atoms with Gasteiger partial charge in [0.15, 0.2) is 5.01 Å². The van der Waals surface area contributed by atoms with Gasteiger partial charge in [0.05, 0.1) is 5.56 Å². The van der Waals surface area contributed by atoms with E-state index < -0.39 is 11.6 Å². The molecule has 0 radical (unpaired) electrons. The molecule has 1 aliphatic heterocycles. The molecule has 2 heterocycles. The van der Waals surface area contributed by atoms with Gasteiger partial charge in [-0.15, -0.1) is 10.2 Å². The van der Waals surface area contributed by atoms with Crippen LogP contribution in [-0.2, 0) is 0 Å². The summed E-state index contributed by atoms with van der Waals surface area (Å²) in [5, 5.41) is 7.91. The zero-order valence-electron chi connectivity index (χ0n) is 13.8. The number of amides is 1. The first kappa shape index (κ1) is 17.0. The molecule has 128 valence electrons. The number of carbonyl (C=O) groups excluding carboxylic acids is 1. The number of benzene rings is 1. The van der Waals surface area contributed by atoms with Gasteiger partial charge < -0.3 is 4.90 Å². The number of carbonyl (C=O) groups is 1. The Hall–Kier alpha value is -1.89. The second-order valence-electron chi connectivity index (χ2n) is 7.11. The lowest BCUT2D eigenvalue weighted by atomic mass is 9.80. The minimum absolute atomic E-state index is 0.0838. The molecule has 1 unspecified atom stereocenters. The van der Waals surface area contributed by atoms with Crippen LogP contribution in [-0.4, -0.2) is 34.1 Å². The second-order valence-corrected chi connectivity index (χ2v) is 8.09. The van der Waals surface area contributed by atoms with Crippen molar-refractivity contribution >= 4 is 17.2 Å². The lowest BCUT2D eigenvalue weighted by molar-refractivity contribution is 0.0775. The molecule has 0 spiro atoms. The average Bonchev–Trinajstić information content (AvgIpc) is 3.15. The van der Waals surface area contributed by atoms with E-state index in [0.717, 1.165) is 29.9 Å². The van der Waals surface area contributed by atoms with Crippen molar-refractivity contribution in [3.8, 4) is 10.6 Å². The molecule has 7 heteroatoms. The Morgan fingerprint density at radius 3 is 2.50 bits per heavy atom. The van der Waals surface area contributed by atoms with Gasteiger partial charge in [-0.25, -0.2) is 8.78 Å². The predicted octanol–water partition coefficient (Wildman–Crippen LogP) is 3.99. The highest BCUT2D eigenvalue weighted by Crippen LogP contribution is 2.35. The Morgan fingerprint density at radius 2 is 1.92 bits per heavy atom. The van der Waals surface area contributed by atoms with Crippen molar-refractivity contribution < 1.29 is 13.6 Å². The largest absolute Gasteiger partial charge is 0.336 e. The summed E-state index contributed by atoms with van der Waals surface area (Å²) in [5.74, 6) is -1.21. The Labute approximate surface area is 143 Å². The summed E-state index contributed by atoms with van der Waals surface area (Å²) in [6.45, 7) is 7.83. The molecule has 0 saturated carbocycles. The van der Waals surface area contributed by atoms with E-state index in [1.807, 2.05) is 0 Å². The summed E-state index contributed by atoms with van der Waals surface area (Å²) >= 11 is 0.925. The first-order valence-electron chi connectivity index (χ1n) is 7.84. The number of hydrogen-bond donors (Lipinski definition) is 0. The summed E-state index contributed by atoms with van der Waals surface area (Å²) in [6.07, 6.45) is 0.947. The summed E-state index contributed by atoms with van der Waals surface area (Å²) in [5.41, 5.74) is -0.0968. The van der Waals surface area contributed by atoms with E-state index in [1.165, 1.54) is 6.07 Å². The molecule has 1 aromatic heterocycles. The van der Waals surface area contributed by atoms with E-state index in [-0.39, 0.29) is 26.9 Å². The molecule has 1 aromatic carbocycles. The molecular weight excluding hydrogens is 332 g/mol. The van der Waals surface area contributed by atoms with Gasteiger partial charge in [0, 0.05) is 13.1 Å². The molecule has 24 heavy (non-hydrogen) atoms. The van der Waals surface area contributed by atoms with Crippen LogP contribution in [0.1, 0.15) is 37.0 Å². The van der Waals surface area contributed by atoms with Crippen molar-refractivity contribution in [1.29, 1.82) is 0 Å². The van der Waals surface area contributed by atoms with Gasteiger partial charge in [-0.1, -0.05) is 38.2 Å². The summed E-state index contributed by atoms with van der Waals surface area (Å²) < 4.78 is 27.7. The summed E-state index contributed by atoms with van der Waals surface area (Å²) in [7, 11) is 0. The lowest BCUT2D eigenvalue weighted by Crippen LogP contribution is -2.31. The Bertz CT molecular complexity index is 749. The summed E-state index contributed by atoms with van der Waals surface area (Å²) in [6, 6.07) is 3.61. The zero-order chi connectivity index (χ0) is 17.5. The van der Waals surface area contributed by atoms with Gasteiger partial charge in [0.25, 0.3) is 5.91 Å². The van der Waals surface area contributed by atoms with Crippen molar-refractivity contribution in [1.82, 2.24) is 15.1 Å². The molecule has 1 fully saturated rings. The number of nitrogens with zero attached hydrogens (tertiary/aromatic N) is 3. The highest BCUT2D eigenvalue weighted by Gasteiger charge is 2.35. The fourth-order valence-electron chi connectivity index (χ4n) is 2.90. The lowest BCUT2D eigenvalue weighted by Gasteiger charge is -2.26. The topological polar surface area (TPSA) is 46.1 Å². The maximum Gasteiger partial charge on any atom is 0.284 e. The smallest absolute Gasteiger partial charge is 0.284 e. The fraction of sp³-hybridized carbons (Fsp3) is 0.471. The SMILES string of the molecule is CC(C)(C)C1CCN(C(=O)c2nnc(-c3c(F)cccc3F)s2)C1. The van der Waals surface area contributed by atoms with Crippen molar-refractivity contribution in [3.63, 3.8) is 0 Å². The quantitative estimate of drug-likeness (QED) is 0.822. The number of aromatic nitrogens is 2. The van der Waals surface area contributed by atoms with Gasteiger partial charge in [-0.3, -0.25) is 4.79 Å². The Balaban J connectivity index is 1.80. The maximum absolute atomic E-state index is 13.8. The molecule has 0 aliphatic carbocycles. The van der Waals surface area contributed by atoms with Crippen LogP contribution in [0, 0.1) is 23.0 Å². The van der Waals surface area contributed by atoms with Crippen molar-refractivity contribution in [2.75, 3.05) is 13.1 Å². The molecule has 2 aromatic rings. The third kappa shape index (κ3) is 3.17. The van der Waals surface area contributed by atoms with Crippen LogP contribution in [0.4, 0.5) is 8.78 Å². The molecule has 0 N–H and O–H groups in total. The minimum atomic E-state index is -0.709. The van der Waals surface area contributed by atoms with Crippen molar-refractivity contribution in [2.45, 2.75) is 27.2 Å². The van der Waals surface area contributed by atoms with Crippen LogP contribution < -0.4 is 0 Å². The monoisotopic (exact) mass is 351 g/mol. The van der Waals surface area contributed by atoms with Gasteiger partial charge in [-0.05, 0) is 29.9 Å². The molecule has 0 bridgehead atoms. The van der Waals surface area contributed by atoms with Crippen molar-refractivity contribution in [2.24, 2.45) is 11.3 Å². The van der Waals surface area contributed by atoms with Crippen LogP contribution in [0.3, 0.4) is 0 Å². The van der Waals surface area contributed by atoms with Gasteiger partial charge in [0.2, 0.25) is 5.01 Å². The van der Waals surface area contributed by atoms with E-state index in [9.17, 15) is 13.6 Å². The zero-order valence-corrected chi connectivity index (χ0v) is 14.7. The maximum atomic E-state index is 13.8. The van der Waals surface area contributed by atoms with E-state index in [2.05, 4.69) is 31.0 Å². The van der Waals surface area contributed by atoms with E-state index >= 15 is 0 Å². The van der Waals surface area contributed by atoms with Gasteiger partial charge >= 0.3 is 0 Å². The van der Waals surface area contributed by atoms with Crippen LogP contribution in [0.15, 0.2) is 18.2 Å². The van der Waals surface area contributed by atoms with Crippen LogP contribution in [0.2, 0.25) is 0 Å². The van der Waals surface area contributed by atoms with E-state index in [4.69, 9.17) is 0 Å². The minimum Gasteiger partial charge on any atom is -0.336 e. The molecular formula is C17H19F2N3OS. The normalized spacial score (nSPS) is 18.2. The Kier molecular flexibility index (Phi) is 4.38. The third-order valence-corrected chi connectivity index (χ3v) is 5.41. The van der Waals surface area contributed by atoms with Crippen LogP contribution in [0.5, 0.6) is 0 Å². The van der Waals surface area contributed by atoms with E-state index in [0.29, 0.717) is 19.0 Å². The molecule has 4 nitrogen and oxygen atoms in total. The fourth-order valence-corrected chi connectivity index (χ4v) is 3.76. The standard InChI is InChI=1S/C17H19F2N3OS/c1-17(2,3)10-7-8-22(9-10)16(23)15-21-20-14(24-15)13-11(18)5-4-6-12(13)19/h4-6,10H,7-9H2,1-3H3. The molecule has 1 aliphatic rings. The molecule has 1 atom stereocenters. The highest BCUT2D eigenvalue weighted by molar-refractivity contribution is 7.16. The predicted molar refractivity (Wildman–Crippen MR) is 88.7 cm³/mol. The molecule has 1 amide bonds. The van der Waals surface area contributed by atoms with Crippen molar-refractivity contribution in [3.05, 3.63) is 34.8 Å². The molecule has 1 saturated heterocycles. The van der Waals surface area contributed by atoms with Gasteiger partial charge in [0.1, 0.15) is 11.6 Å². The number of halogens is 2. The second kappa shape index (κ2) is 6.20. The highest BCUT2D eigenvalue weighted by atomic mass is 32.1. The van der Waals surface area contributed by atoms with E-state index in [1.54, 1.807) is 4.90 Å². The number of likely N-dealkylation sites (tertiary alicyclic amines) is 1. The average molecular weight is 351 g/mol. The first-order chi connectivity index (χ1) is 11.3. The first-order valence-corrected chi connectivity index (χ1v) is 8.66. The van der Waals surface area contributed by atoms with Crippen LogP contribution in [0.25, 0.3) is 10.6 Å². The number of rotatable bonds is 2. The third-order valence-electron chi connectivity index (χ3n) is 4.48. The Morgan fingerprint density at radius 1 is 1.25 bits per heavy atom.